The van der Waals surface area contributed by atoms with E-state index in [0.29, 0.717) is 77.5 Å². The van der Waals surface area contributed by atoms with Gasteiger partial charge in [0.25, 0.3) is 0 Å². The third-order valence-corrected chi connectivity index (χ3v) is 19.4. The van der Waals surface area contributed by atoms with Crippen molar-refractivity contribution in [3.63, 3.8) is 0 Å². The Morgan fingerprint density at radius 2 is 0.451 bits per heavy atom. The van der Waals surface area contributed by atoms with Crippen LogP contribution in [0.15, 0.2) is 0 Å². The molecule has 0 spiro atoms. The Morgan fingerprint density at radius 3 is 0.706 bits per heavy atom. The Labute approximate surface area is 632 Å². The van der Waals surface area contributed by atoms with Crippen molar-refractivity contribution in [2.24, 2.45) is 11.8 Å². The Kier molecular flexibility index (Phi) is 91.8. The van der Waals surface area contributed by atoms with Gasteiger partial charge in [0.1, 0.15) is 11.6 Å². The molecule has 0 aromatic heterocycles. The molecule has 0 rings (SSSR count). The van der Waals surface area contributed by atoms with Crippen molar-refractivity contribution in [2.75, 3.05) is 39.3 Å². The predicted octanol–water partition coefficient (Wildman–Crippen LogP) is 23.4. The molecule has 0 aromatic rings. The lowest BCUT2D eigenvalue weighted by Gasteiger charge is -2.16. The van der Waals surface area contributed by atoms with Crippen LogP contribution in [0.4, 0.5) is 0 Å². The lowest BCUT2D eigenvalue weighted by molar-refractivity contribution is -0.129. The second-order valence-corrected chi connectivity index (χ2v) is 29.8. The first-order valence-electron chi connectivity index (χ1n) is 44.3. The van der Waals surface area contributed by atoms with Crippen LogP contribution in [0.3, 0.4) is 0 Å². The number of carbonyl (C=O) groups excluding carboxylic acids is 8. The van der Waals surface area contributed by atoms with Gasteiger partial charge in [0.2, 0.25) is 35.4 Å². The number of amides is 6. The first-order chi connectivity index (χ1) is 49.7. The van der Waals surface area contributed by atoms with Crippen LogP contribution >= 0.6 is 0 Å². The van der Waals surface area contributed by atoms with E-state index in [1.165, 1.54) is 238 Å². The third-order valence-electron chi connectivity index (χ3n) is 19.4. The predicted molar refractivity (Wildman–Crippen MR) is 438 cm³/mol. The summed E-state index contributed by atoms with van der Waals surface area (Å²) in [7, 11) is 0. The van der Waals surface area contributed by atoms with Gasteiger partial charge in [0.05, 0.1) is 0 Å². The second-order valence-electron chi connectivity index (χ2n) is 29.8. The Hall–Kier alpha value is -3.84. The summed E-state index contributed by atoms with van der Waals surface area (Å²) in [6, 6.07) is 0. The second kappa shape index (κ2) is 89.6. The summed E-state index contributed by atoms with van der Waals surface area (Å²) in [4.78, 5) is 95.9. The van der Waals surface area contributed by atoms with Gasteiger partial charge in [-0.1, -0.05) is 331 Å². The van der Waals surface area contributed by atoms with Crippen molar-refractivity contribution in [2.45, 2.75) is 467 Å². The molecule has 604 valence electrons. The molecule has 6 amide bonds. The highest BCUT2D eigenvalue weighted by Crippen LogP contribution is 2.21. The van der Waals surface area contributed by atoms with E-state index in [9.17, 15) is 38.4 Å². The van der Waals surface area contributed by atoms with Gasteiger partial charge in [0.15, 0.2) is 0 Å². The van der Waals surface area contributed by atoms with Gasteiger partial charge in [-0.15, -0.1) is 0 Å². The van der Waals surface area contributed by atoms with E-state index in [0.717, 1.165) is 129 Å². The highest BCUT2D eigenvalue weighted by molar-refractivity contribution is 5.87. The molecule has 14 heteroatoms. The Balaban J connectivity index is -0.000000772. The van der Waals surface area contributed by atoms with Gasteiger partial charge in [-0.2, -0.15) is 0 Å². The number of nitrogens with one attached hydrogen (secondary N) is 6. The van der Waals surface area contributed by atoms with Crippen LogP contribution in [-0.4, -0.2) is 86.3 Å². The highest BCUT2D eigenvalue weighted by Gasteiger charge is 2.23. The number of unbranched alkanes of at least 4 members (excludes halogenated alkanes) is 44. The maximum Gasteiger partial charge on any atom is 0.223 e. The van der Waals surface area contributed by atoms with Crippen molar-refractivity contribution in [3.8, 4) is 0 Å². The van der Waals surface area contributed by atoms with Crippen molar-refractivity contribution in [3.05, 3.63) is 0 Å². The van der Waals surface area contributed by atoms with Gasteiger partial charge in [-0.05, 0) is 84.5 Å². The van der Waals surface area contributed by atoms with Crippen molar-refractivity contribution < 1.29 is 38.4 Å². The molecule has 0 heterocycles. The molecule has 0 saturated carbocycles. The number of carbonyl (C=O) groups is 8. The normalized spacial score (nSPS) is 11.4. The maximum absolute atomic E-state index is 12.8. The lowest BCUT2D eigenvalue weighted by atomic mass is 9.93. The van der Waals surface area contributed by atoms with Crippen LogP contribution in [0.25, 0.3) is 0 Å². The zero-order chi connectivity index (χ0) is 76.1. The fraction of sp³-hybridized carbons (Fsp3) is 0.909. The Morgan fingerprint density at radius 1 is 0.216 bits per heavy atom. The molecule has 14 nitrogen and oxygen atoms in total. The minimum absolute atomic E-state index is 0.00492. The summed E-state index contributed by atoms with van der Waals surface area (Å²) < 4.78 is 0. The zero-order valence-electron chi connectivity index (χ0n) is 69.5. The van der Waals surface area contributed by atoms with Crippen LogP contribution < -0.4 is 31.9 Å². The monoisotopic (exact) mass is 1440 g/mol. The number of ketones is 2. The molecule has 0 bridgehead atoms. The molecule has 0 aliphatic heterocycles. The number of rotatable bonds is 74. The molecule has 0 aromatic carbocycles. The van der Waals surface area contributed by atoms with Crippen LogP contribution in [0.2, 0.25) is 0 Å². The van der Waals surface area contributed by atoms with E-state index in [-0.39, 0.29) is 58.8 Å². The summed E-state index contributed by atoms with van der Waals surface area (Å²) in [5, 5.41) is 17.5. The molecule has 2 unspecified atom stereocenters. The van der Waals surface area contributed by atoms with Crippen molar-refractivity contribution in [1.29, 1.82) is 0 Å². The first-order valence-corrected chi connectivity index (χ1v) is 44.3. The van der Waals surface area contributed by atoms with Crippen LogP contribution in [0.1, 0.15) is 467 Å². The maximum atomic E-state index is 12.8. The van der Waals surface area contributed by atoms with E-state index in [4.69, 9.17) is 0 Å². The van der Waals surface area contributed by atoms with Crippen molar-refractivity contribution in [1.82, 2.24) is 31.9 Å². The fourth-order valence-corrected chi connectivity index (χ4v) is 12.8. The summed E-state index contributed by atoms with van der Waals surface area (Å²) in [6.45, 7) is 24.8. The minimum atomic E-state index is -0.239. The zero-order valence-corrected chi connectivity index (χ0v) is 69.5. The molecule has 0 aliphatic carbocycles. The average Bonchev–Trinajstić information content (AvgIpc) is 1.01. The molecule has 0 saturated heterocycles. The summed E-state index contributed by atoms with van der Waals surface area (Å²) >= 11 is 0. The minimum Gasteiger partial charge on any atom is -0.357 e. The van der Waals surface area contributed by atoms with E-state index in [2.05, 4.69) is 73.4 Å². The molecule has 0 fully saturated rings. The van der Waals surface area contributed by atoms with E-state index in [1.54, 1.807) is 0 Å². The lowest BCUT2D eigenvalue weighted by Crippen LogP contribution is -2.33. The summed E-state index contributed by atoms with van der Waals surface area (Å²) in [5.41, 5.74) is 0. The summed E-state index contributed by atoms with van der Waals surface area (Å²) in [6.07, 6.45) is 70.3. The number of Topliss-reactive ketones (excluding diaryl/α,β-unsaturated/α-hetero) is 2. The quantitative estimate of drug-likeness (QED) is 0.0322. The topological polar surface area (TPSA) is 209 Å². The average molecular weight is 1440 g/mol. The van der Waals surface area contributed by atoms with Gasteiger partial charge in [-0.25, -0.2) is 0 Å². The smallest absolute Gasteiger partial charge is 0.223 e. The Bertz CT molecular complexity index is 1830. The molecule has 2 atom stereocenters. The summed E-state index contributed by atoms with van der Waals surface area (Å²) in [5.74, 6) is 0.547. The molecule has 6 N–H and O–H groups in total. The van der Waals surface area contributed by atoms with Crippen molar-refractivity contribution >= 4 is 47.0 Å². The van der Waals surface area contributed by atoms with Crippen LogP contribution in [0, 0.1) is 11.8 Å². The molecule has 0 aliphatic rings. The van der Waals surface area contributed by atoms with Gasteiger partial charge >= 0.3 is 0 Å². The first kappa shape index (κ1) is 105. The number of hydrogen-bond donors (Lipinski definition) is 6. The van der Waals surface area contributed by atoms with Gasteiger partial charge in [0, 0.05) is 103 Å². The van der Waals surface area contributed by atoms with E-state index in [1.807, 2.05) is 20.8 Å². The molecular weight excluding hydrogens is 1270 g/mol. The molecule has 102 heavy (non-hydrogen) atoms. The fourth-order valence-electron chi connectivity index (χ4n) is 12.8. The van der Waals surface area contributed by atoms with E-state index >= 15 is 0 Å². The standard InChI is InChI=1S/C39H76N2O3.C37H72N2O3.C8H17NO.C4H9NO/c1-4-7-10-12-14-16-18-20-22-24-26-31-37(42)35-36(39(44)41-33-9-6-3)30-28-29-34-40-38(43)32-27-25-23-21-19-17-15-13-11-8-5-2;1-4-7-9-11-13-15-17-19-21-23-25-30-35(40)33-34(37(42)38-6-3)29-27-28-32-39-36(41)31-26-24-22-20-18-16-14-12-10-8-5-2;1-3-5-7-9-8(10)6-4-2;1-3-5-4(2)6/h36H,4-35H2,1-3H3,(H,40,43)(H,41,44);34H,4-33H2,1-3H3,(H,38,42)(H,39,41);3-7H2,1-2H3,(H,9,10);3H2,1-2H3,(H,5,6). The van der Waals surface area contributed by atoms with Gasteiger partial charge < -0.3 is 31.9 Å². The van der Waals surface area contributed by atoms with Gasteiger partial charge in [-0.3, -0.25) is 38.4 Å². The van der Waals surface area contributed by atoms with Crippen LogP contribution in [0.5, 0.6) is 0 Å². The number of hydrogen-bond acceptors (Lipinski definition) is 8. The highest BCUT2D eigenvalue weighted by atomic mass is 16.2. The molecular formula is C88H174N6O8. The van der Waals surface area contributed by atoms with Crippen LogP contribution in [-0.2, 0) is 38.4 Å². The largest absolute Gasteiger partial charge is 0.357 e. The van der Waals surface area contributed by atoms with E-state index < -0.39 is 0 Å². The molecule has 0 radical (unpaired) electrons. The third kappa shape index (κ3) is 88.6. The SMILES string of the molecule is CCCCCCCCCCCCCC(=O)CC(CCCCNC(=O)CCCCCCCCCCCCC)C(=O)NCC.CCCCCCCCCCCCCC(=O)CC(CCCCNC(=O)CCCCCCCCCCCCC)C(=O)NCCCC.CCCCNC(=O)CCC.CCNC(C)=O.